The zero-order chi connectivity index (χ0) is 14.5. The third-order valence-corrected chi connectivity index (χ3v) is 5.56. The molecule has 0 aromatic carbocycles. The molecule has 6 nitrogen and oxygen atoms in total. The van der Waals surface area contributed by atoms with Crippen molar-refractivity contribution in [3.63, 3.8) is 0 Å². The topological polar surface area (TPSA) is 60.9 Å². The van der Waals surface area contributed by atoms with Gasteiger partial charge in [0.25, 0.3) is 0 Å². The van der Waals surface area contributed by atoms with E-state index in [1.165, 1.54) is 4.31 Å². The predicted molar refractivity (Wildman–Crippen MR) is 76.0 cm³/mol. The van der Waals surface area contributed by atoms with Crippen molar-refractivity contribution >= 4 is 27.7 Å². The normalized spacial score (nSPS) is 17.5. The molecule has 1 aliphatic rings. The first-order valence-corrected chi connectivity index (χ1v) is 8.68. The molecular formula is C11H22ClN3O3S. The van der Waals surface area contributed by atoms with Crippen molar-refractivity contribution < 1.29 is 13.2 Å². The second kappa shape index (κ2) is 7.31. The summed E-state index contributed by atoms with van der Waals surface area (Å²) in [4.78, 5) is 15.6. The van der Waals surface area contributed by atoms with Crippen molar-refractivity contribution in [1.29, 1.82) is 0 Å². The van der Waals surface area contributed by atoms with Crippen LogP contribution in [-0.2, 0) is 10.0 Å². The Kier molecular flexibility index (Phi) is 6.35. The van der Waals surface area contributed by atoms with Crippen molar-refractivity contribution in [3.05, 3.63) is 0 Å². The molecule has 1 rings (SSSR count). The molecule has 0 radical (unpaired) electrons. The van der Waals surface area contributed by atoms with Crippen molar-refractivity contribution in [2.75, 3.05) is 50.9 Å². The van der Waals surface area contributed by atoms with Crippen LogP contribution in [0.3, 0.4) is 0 Å². The van der Waals surface area contributed by atoms with Gasteiger partial charge in [0.1, 0.15) is 0 Å². The van der Waals surface area contributed by atoms with E-state index in [9.17, 15) is 13.2 Å². The molecule has 0 saturated carbocycles. The molecule has 1 heterocycles. The molecule has 0 unspecified atom stereocenters. The minimum absolute atomic E-state index is 0.0145. The van der Waals surface area contributed by atoms with E-state index >= 15 is 0 Å². The lowest BCUT2D eigenvalue weighted by Crippen LogP contribution is -2.54. The summed E-state index contributed by atoms with van der Waals surface area (Å²) in [5, 5.41) is 0. The van der Waals surface area contributed by atoms with Crippen LogP contribution in [0.5, 0.6) is 0 Å². The highest BCUT2D eigenvalue weighted by atomic mass is 35.5. The highest BCUT2D eigenvalue weighted by Gasteiger charge is 2.29. The number of sulfonamides is 1. The lowest BCUT2D eigenvalue weighted by atomic mass is 10.4. The highest BCUT2D eigenvalue weighted by Crippen LogP contribution is 2.10. The van der Waals surface area contributed by atoms with Gasteiger partial charge in [-0.2, -0.15) is 4.31 Å². The molecule has 112 valence electrons. The Labute approximate surface area is 120 Å². The van der Waals surface area contributed by atoms with E-state index in [0.29, 0.717) is 39.3 Å². The average molecular weight is 312 g/mol. The first-order chi connectivity index (χ1) is 8.96. The monoisotopic (exact) mass is 311 g/mol. The Hall–Kier alpha value is -0.530. The maximum Gasteiger partial charge on any atom is 0.320 e. The van der Waals surface area contributed by atoms with Crippen LogP contribution in [0, 0.1) is 0 Å². The van der Waals surface area contributed by atoms with Gasteiger partial charge in [-0.25, -0.2) is 13.2 Å². The molecule has 0 atom stereocenters. The Balaban J connectivity index is 2.56. The van der Waals surface area contributed by atoms with Crippen molar-refractivity contribution in [3.8, 4) is 0 Å². The minimum Gasteiger partial charge on any atom is -0.325 e. The molecule has 1 saturated heterocycles. The number of carbonyl (C=O) groups is 1. The summed E-state index contributed by atoms with van der Waals surface area (Å²) in [6.07, 6.45) is 0. The summed E-state index contributed by atoms with van der Waals surface area (Å²) in [5.74, 6) is 0.0550. The second-order valence-electron chi connectivity index (χ2n) is 4.35. The summed E-state index contributed by atoms with van der Waals surface area (Å²) >= 11 is 5.49. The lowest BCUT2D eigenvalue weighted by Gasteiger charge is -2.36. The fraction of sp³-hybridized carbons (Fsp3) is 0.909. The van der Waals surface area contributed by atoms with Gasteiger partial charge in [-0.15, -0.1) is 11.6 Å². The Morgan fingerprint density at radius 3 is 2.11 bits per heavy atom. The summed E-state index contributed by atoms with van der Waals surface area (Å²) in [7, 11) is -3.26. The maximum atomic E-state index is 12.1. The van der Waals surface area contributed by atoms with Gasteiger partial charge in [0, 0.05) is 45.1 Å². The van der Waals surface area contributed by atoms with Crippen LogP contribution in [0.4, 0.5) is 4.79 Å². The largest absolute Gasteiger partial charge is 0.325 e. The fourth-order valence-electron chi connectivity index (χ4n) is 2.08. The molecule has 1 fully saturated rings. The first-order valence-electron chi connectivity index (χ1n) is 6.53. The van der Waals surface area contributed by atoms with Gasteiger partial charge in [0.05, 0.1) is 5.75 Å². The van der Waals surface area contributed by atoms with Gasteiger partial charge in [0.2, 0.25) is 10.0 Å². The summed E-state index contributed by atoms with van der Waals surface area (Å²) in [6.45, 7) is 6.79. The molecule has 0 aromatic rings. The van der Waals surface area contributed by atoms with Gasteiger partial charge in [0.15, 0.2) is 0 Å². The summed E-state index contributed by atoms with van der Waals surface area (Å²) in [6, 6.07) is -0.0145. The van der Waals surface area contributed by atoms with E-state index in [1.807, 2.05) is 13.8 Å². The molecule has 1 aliphatic heterocycles. The number of alkyl halides is 1. The van der Waals surface area contributed by atoms with E-state index in [2.05, 4.69) is 0 Å². The van der Waals surface area contributed by atoms with Crippen molar-refractivity contribution in [1.82, 2.24) is 14.1 Å². The fourth-order valence-corrected chi connectivity index (χ4v) is 3.84. The molecule has 0 bridgehead atoms. The van der Waals surface area contributed by atoms with E-state index in [0.717, 1.165) is 0 Å². The highest BCUT2D eigenvalue weighted by molar-refractivity contribution is 7.89. The van der Waals surface area contributed by atoms with Crippen molar-refractivity contribution in [2.45, 2.75) is 13.8 Å². The molecule has 0 aromatic heterocycles. The molecule has 8 heteroatoms. The van der Waals surface area contributed by atoms with Gasteiger partial charge in [-0.1, -0.05) is 0 Å². The SMILES string of the molecule is CCN(CC)C(=O)N1CCN(S(=O)(=O)CCCl)CC1. The van der Waals surface area contributed by atoms with E-state index in [4.69, 9.17) is 11.6 Å². The Morgan fingerprint density at radius 1 is 1.16 bits per heavy atom. The van der Waals surface area contributed by atoms with E-state index in [-0.39, 0.29) is 17.7 Å². The quantitative estimate of drug-likeness (QED) is 0.700. The predicted octanol–water partition coefficient (Wildman–Crippen LogP) is 0.634. The van der Waals surface area contributed by atoms with Gasteiger partial charge < -0.3 is 9.80 Å². The van der Waals surface area contributed by atoms with E-state index < -0.39 is 10.0 Å². The standard InChI is InChI=1S/C11H22ClN3O3S/c1-3-13(4-2)11(16)14-6-8-15(9-7-14)19(17,18)10-5-12/h3-10H2,1-2H3. The zero-order valence-corrected chi connectivity index (χ0v) is 13.1. The zero-order valence-electron chi connectivity index (χ0n) is 11.5. The number of carbonyl (C=O) groups excluding carboxylic acids is 1. The lowest BCUT2D eigenvalue weighted by molar-refractivity contribution is 0.138. The molecule has 2 amide bonds. The number of hydrogen-bond donors (Lipinski definition) is 0. The van der Waals surface area contributed by atoms with Gasteiger partial charge in [-0.3, -0.25) is 0 Å². The van der Waals surface area contributed by atoms with Crippen LogP contribution in [0.2, 0.25) is 0 Å². The van der Waals surface area contributed by atoms with Crippen LogP contribution in [0.15, 0.2) is 0 Å². The molecular weight excluding hydrogens is 290 g/mol. The number of urea groups is 1. The van der Waals surface area contributed by atoms with Crippen LogP contribution in [-0.4, -0.2) is 79.5 Å². The van der Waals surface area contributed by atoms with Crippen LogP contribution >= 0.6 is 11.6 Å². The Bertz CT molecular complexity index is 390. The van der Waals surface area contributed by atoms with Crippen LogP contribution < -0.4 is 0 Å². The molecule has 0 spiro atoms. The summed E-state index contributed by atoms with van der Waals surface area (Å²) < 4.78 is 25.1. The van der Waals surface area contributed by atoms with Crippen molar-refractivity contribution in [2.24, 2.45) is 0 Å². The number of piperazine rings is 1. The van der Waals surface area contributed by atoms with E-state index in [1.54, 1.807) is 9.80 Å². The summed E-state index contributed by atoms with van der Waals surface area (Å²) in [5.41, 5.74) is 0. The second-order valence-corrected chi connectivity index (χ2v) is 6.81. The number of amides is 2. The minimum atomic E-state index is -3.26. The smallest absolute Gasteiger partial charge is 0.320 e. The number of halogens is 1. The number of nitrogens with zero attached hydrogens (tertiary/aromatic N) is 3. The molecule has 19 heavy (non-hydrogen) atoms. The average Bonchev–Trinajstić information content (AvgIpc) is 2.40. The third-order valence-electron chi connectivity index (χ3n) is 3.27. The van der Waals surface area contributed by atoms with Crippen LogP contribution in [0.25, 0.3) is 0 Å². The van der Waals surface area contributed by atoms with Gasteiger partial charge >= 0.3 is 6.03 Å². The number of hydrogen-bond acceptors (Lipinski definition) is 3. The van der Waals surface area contributed by atoms with Crippen LogP contribution in [0.1, 0.15) is 13.8 Å². The number of rotatable bonds is 5. The third kappa shape index (κ3) is 4.22. The van der Waals surface area contributed by atoms with Gasteiger partial charge in [-0.05, 0) is 13.8 Å². The first kappa shape index (κ1) is 16.5. The maximum absolute atomic E-state index is 12.1. The Morgan fingerprint density at radius 2 is 1.68 bits per heavy atom. The molecule has 0 aliphatic carbocycles. The molecule has 0 N–H and O–H groups in total.